The third-order valence-corrected chi connectivity index (χ3v) is 5.21. The maximum absolute atomic E-state index is 12.7. The molecule has 1 saturated heterocycles. The minimum atomic E-state index is -0.0800. The van der Waals surface area contributed by atoms with E-state index in [4.69, 9.17) is 0 Å². The number of aromatic nitrogens is 2. The highest BCUT2D eigenvalue weighted by Gasteiger charge is 2.36. The lowest BCUT2D eigenvalue weighted by molar-refractivity contribution is -0.137. The van der Waals surface area contributed by atoms with Gasteiger partial charge in [-0.3, -0.25) is 9.59 Å². The summed E-state index contributed by atoms with van der Waals surface area (Å²) in [5, 5.41) is 3.18. The smallest absolute Gasteiger partial charge is 0.225 e. The van der Waals surface area contributed by atoms with Crippen LogP contribution < -0.4 is 5.32 Å². The molecule has 2 amide bonds. The number of likely N-dealkylation sites (tertiary alicyclic amines) is 1. The number of nitrogens with one attached hydrogen (secondary N) is 1. The summed E-state index contributed by atoms with van der Waals surface area (Å²) in [7, 11) is 1.95. The second-order valence-electron chi connectivity index (χ2n) is 7.50. The molecule has 1 saturated carbocycles. The molecule has 6 nitrogen and oxygen atoms in total. The van der Waals surface area contributed by atoms with Crippen LogP contribution in [0.25, 0.3) is 0 Å². The molecule has 0 aromatic carbocycles. The van der Waals surface area contributed by atoms with E-state index in [0.717, 1.165) is 31.5 Å². The molecule has 1 aliphatic heterocycles. The Kier molecular flexibility index (Phi) is 4.92. The first-order valence-electron chi connectivity index (χ1n) is 9.03. The first kappa shape index (κ1) is 17.0. The van der Waals surface area contributed by atoms with E-state index in [9.17, 15) is 9.59 Å². The lowest BCUT2D eigenvalue weighted by Gasteiger charge is -2.32. The van der Waals surface area contributed by atoms with E-state index >= 15 is 0 Å². The van der Waals surface area contributed by atoms with Crippen molar-refractivity contribution in [3.63, 3.8) is 0 Å². The van der Waals surface area contributed by atoms with Crippen LogP contribution in [0.3, 0.4) is 0 Å². The van der Waals surface area contributed by atoms with Gasteiger partial charge in [0, 0.05) is 44.4 Å². The van der Waals surface area contributed by atoms with E-state index in [-0.39, 0.29) is 29.7 Å². The van der Waals surface area contributed by atoms with Crippen molar-refractivity contribution in [3.8, 4) is 0 Å². The summed E-state index contributed by atoms with van der Waals surface area (Å²) >= 11 is 0. The van der Waals surface area contributed by atoms with Crippen molar-refractivity contribution >= 4 is 11.8 Å². The fourth-order valence-electron chi connectivity index (χ4n) is 3.43. The Hall–Kier alpha value is -1.85. The van der Waals surface area contributed by atoms with Gasteiger partial charge < -0.3 is 14.8 Å². The average Bonchev–Trinajstić information content (AvgIpc) is 3.34. The van der Waals surface area contributed by atoms with Crippen molar-refractivity contribution < 1.29 is 9.59 Å². The molecule has 1 aliphatic carbocycles. The Morgan fingerprint density at radius 2 is 1.83 bits per heavy atom. The standard InChI is InChI=1S/C18H28N4O2/c1-12(2)15(16-19-8-11-21(16)3)20-17(23)13-6-9-22(10-7-13)18(24)14-4-5-14/h8,11-15H,4-7,9-10H2,1-3H3,(H,20,23). The Bertz CT molecular complexity index is 598. The minimum Gasteiger partial charge on any atom is -0.346 e. The zero-order valence-corrected chi connectivity index (χ0v) is 14.9. The molecule has 2 aliphatic rings. The Morgan fingerprint density at radius 3 is 2.33 bits per heavy atom. The van der Waals surface area contributed by atoms with Gasteiger partial charge in [0.15, 0.2) is 0 Å². The molecule has 1 aromatic rings. The van der Waals surface area contributed by atoms with Gasteiger partial charge >= 0.3 is 0 Å². The number of hydrogen-bond donors (Lipinski definition) is 1. The van der Waals surface area contributed by atoms with E-state index in [1.165, 1.54) is 0 Å². The molecule has 24 heavy (non-hydrogen) atoms. The fourth-order valence-corrected chi connectivity index (χ4v) is 3.43. The molecule has 132 valence electrons. The number of piperidine rings is 1. The van der Waals surface area contributed by atoms with E-state index in [1.54, 1.807) is 6.20 Å². The van der Waals surface area contributed by atoms with Crippen LogP contribution in [-0.4, -0.2) is 39.4 Å². The Labute approximate surface area is 143 Å². The highest BCUT2D eigenvalue weighted by atomic mass is 16.2. The third kappa shape index (κ3) is 3.62. The van der Waals surface area contributed by atoms with Gasteiger partial charge in [0.2, 0.25) is 11.8 Å². The number of amides is 2. The normalized spacial score (nSPS) is 20.2. The second kappa shape index (κ2) is 6.95. The number of carbonyl (C=O) groups excluding carboxylic acids is 2. The van der Waals surface area contributed by atoms with Crippen LogP contribution in [0.5, 0.6) is 0 Å². The molecule has 1 unspecified atom stereocenters. The largest absolute Gasteiger partial charge is 0.346 e. The summed E-state index contributed by atoms with van der Waals surface area (Å²) in [5.41, 5.74) is 0. The molecular weight excluding hydrogens is 304 g/mol. The fraction of sp³-hybridized carbons (Fsp3) is 0.722. The molecule has 1 N–H and O–H groups in total. The van der Waals surface area contributed by atoms with Crippen molar-refractivity contribution in [1.82, 2.24) is 19.8 Å². The topological polar surface area (TPSA) is 67.2 Å². The van der Waals surface area contributed by atoms with E-state index in [2.05, 4.69) is 24.1 Å². The summed E-state index contributed by atoms with van der Waals surface area (Å²) in [6.45, 7) is 5.61. The van der Waals surface area contributed by atoms with Crippen LogP contribution in [0, 0.1) is 17.8 Å². The van der Waals surface area contributed by atoms with Crippen LogP contribution in [0.4, 0.5) is 0 Å². The highest BCUT2D eigenvalue weighted by Crippen LogP contribution is 2.32. The number of carbonyl (C=O) groups is 2. The van der Waals surface area contributed by atoms with Crippen molar-refractivity contribution in [3.05, 3.63) is 18.2 Å². The number of hydrogen-bond acceptors (Lipinski definition) is 3. The third-order valence-electron chi connectivity index (χ3n) is 5.21. The summed E-state index contributed by atoms with van der Waals surface area (Å²) in [6.07, 6.45) is 7.26. The van der Waals surface area contributed by atoms with Crippen LogP contribution in [0.1, 0.15) is 51.4 Å². The molecule has 2 fully saturated rings. The molecule has 0 spiro atoms. The first-order chi connectivity index (χ1) is 11.5. The number of rotatable bonds is 5. The Balaban J connectivity index is 1.56. The molecule has 0 radical (unpaired) electrons. The zero-order valence-electron chi connectivity index (χ0n) is 14.9. The van der Waals surface area contributed by atoms with Gasteiger partial charge in [-0.2, -0.15) is 0 Å². The van der Waals surface area contributed by atoms with Crippen molar-refractivity contribution in [1.29, 1.82) is 0 Å². The predicted molar refractivity (Wildman–Crippen MR) is 91.0 cm³/mol. The van der Waals surface area contributed by atoms with Crippen LogP contribution in [0.15, 0.2) is 12.4 Å². The number of imidazole rings is 1. The van der Waals surface area contributed by atoms with Crippen LogP contribution in [-0.2, 0) is 16.6 Å². The lowest BCUT2D eigenvalue weighted by atomic mass is 9.94. The summed E-state index contributed by atoms with van der Waals surface area (Å²) < 4.78 is 1.96. The minimum absolute atomic E-state index is 0.00484. The molecule has 3 rings (SSSR count). The predicted octanol–water partition coefficient (Wildman–Crippen LogP) is 1.88. The van der Waals surface area contributed by atoms with Gasteiger partial charge in [0.1, 0.15) is 5.82 Å². The molecule has 1 atom stereocenters. The second-order valence-corrected chi connectivity index (χ2v) is 7.50. The van der Waals surface area contributed by atoms with Gasteiger partial charge in [-0.15, -0.1) is 0 Å². The quantitative estimate of drug-likeness (QED) is 0.895. The van der Waals surface area contributed by atoms with Crippen LogP contribution >= 0.6 is 0 Å². The van der Waals surface area contributed by atoms with Crippen molar-refractivity contribution in [2.24, 2.45) is 24.8 Å². The van der Waals surface area contributed by atoms with Crippen molar-refractivity contribution in [2.45, 2.75) is 45.6 Å². The van der Waals surface area contributed by atoms with Gasteiger partial charge in [-0.05, 0) is 31.6 Å². The van der Waals surface area contributed by atoms with E-state index < -0.39 is 0 Å². The highest BCUT2D eigenvalue weighted by molar-refractivity contribution is 5.82. The van der Waals surface area contributed by atoms with E-state index in [1.807, 2.05) is 22.7 Å². The molecule has 6 heteroatoms. The summed E-state index contributed by atoms with van der Waals surface area (Å²) in [4.78, 5) is 31.1. The van der Waals surface area contributed by atoms with Crippen LogP contribution in [0.2, 0.25) is 0 Å². The summed E-state index contributed by atoms with van der Waals surface area (Å²) in [6, 6.07) is -0.0800. The lowest BCUT2D eigenvalue weighted by Crippen LogP contribution is -2.45. The number of aryl methyl sites for hydroxylation is 1. The van der Waals surface area contributed by atoms with E-state index in [0.29, 0.717) is 19.0 Å². The maximum Gasteiger partial charge on any atom is 0.225 e. The maximum atomic E-state index is 12.7. The van der Waals surface area contributed by atoms with Gasteiger partial charge in [0.05, 0.1) is 6.04 Å². The number of nitrogens with zero attached hydrogens (tertiary/aromatic N) is 3. The molecule has 0 bridgehead atoms. The molecular formula is C18H28N4O2. The SMILES string of the molecule is CC(C)C(NC(=O)C1CCN(C(=O)C2CC2)CC1)c1nccn1C. The Morgan fingerprint density at radius 1 is 1.17 bits per heavy atom. The zero-order chi connectivity index (χ0) is 17.3. The first-order valence-corrected chi connectivity index (χ1v) is 9.03. The van der Waals surface area contributed by atoms with Crippen molar-refractivity contribution in [2.75, 3.05) is 13.1 Å². The average molecular weight is 332 g/mol. The summed E-state index contributed by atoms with van der Waals surface area (Å²) in [5.74, 6) is 1.81. The van der Waals surface area contributed by atoms with Gasteiger partial charge in [0.25, 0.3) is 0 Å². The molecule has 1 aromatic heterocycles. The molecule has 2 heterocycles. The van der Waals surface area contributed by atoms with Gasteiger partial charge in [-0.1, -0.05) is 13.8 Å². The van der Waals surface area contributed by atoms with Gasteiger partial charge in [-0.25, -0.2) is 4.98 Å². The monoisotopic (exact) mass is 332 g/mol.